The fraction of sp³-hybridized carbons (Fsp3) is 1.00. The van der Waals surface area contributed by atoms with Crippen LogP contribution in [0.1, 0.15) is 19.3 Å². The van der Waals surface area contributed by atoms with Crippen molar-refractivity contribution < 1.29 is 0 Å². The predicted octanol–water partition coefficient (Wildman–Crippen LogP) is 0.870. The average Bonchev–Trinajstić information content (AvgIpc) is 2.25. The van der Waals surface area contributed by atoms with E-state index in [4.69, 9.17) is 0 Å². The van der Waals surface area contributed by atoms with E-state index in [9.17, 15) is 0 Å². The van der Waals surface area contributed by atoms with Gasteiger partial charge in [0.1, 0.15) is 0 Å². The van der Waals surface area contributed by atoms with Gasteiger partial charge in [0, 0.05) is 13.1 Å². The topological polar surface area (TPSA) is 18.5 Å². The van der Waals surface area contributed by atoms with Crippen molar-refractivity contribution in [3.63, 3.8) is 0 Å². The highest BCUT2D eigenvalue weighted by atomic mass is 15.1. The highest BCUT2D eigenvalue weighted by Gasteiger charge is 2.16. The van der Waals surface area contributed by atoms with E-state index in [2.05, 4.69) is 29.2 Å². The van der Waals surface area contributed by atoms with E-state index in [1.807, 2.05) is 7.05 Å². The van der Waals surface area contributed by atoms with Gasteiger partial charge in [0.2, 0.25) is 0 Å². The van der Waals surface area contributed by atoms with Gasteiger partial charge in [0.15, 0.2) is 0 Å². The van der Waals surface area contributed by atoms with E-state index >= 15 is 0 Å². The van der Waals surface area contributed by atoms with Crippen LogP contribution in [0.5, 0.6) is 0 Å². The molecule has 1 N–H and O–H groups in total. The Morgan fingerprint density at radius 1 is 1.27 bits per heavy atom. The molecule has 0 radical (unpaired) electrons. The molecule has 1 aliphatic heterocycles. The monoisotopic (exact) mass is 213 g/mol. The first kappa shape index (κ1) is 12.9. The summed E-state index contributed by atoms with van der Waals surface area (Å²) in [5.74, 6) is 0.971. The summed E-state index contributed by atoms with van der Waals surface area (Å²) < 4.78 is 0. The van der Waals surface area contributed by atoms with Gasteiger partial charge < -0.3 is 15.1 Å². The summed E-state index contributed by atoms with van der Waals surface area (Å²) in [6.07, 6.45) is 4.18. The highest BCUT2D eigenvalue weighted by Crippen LogP contribution is 2.19. The summed E-state index contributed by atoms with van der Waals surface area (Å²) in [6.45, 7) is 6.12. The third-order valence-corrected chi connectivity index (χ3v) is 3.50. The van der Waals surface area contributed by atoms with Gasteiger partial charge in [-0.05, 0) is 66.0 Å². The van der Waals surface area contributed by atoms with Crippen LogP contribution in [0.25, 0.3) is 0 Å². The molecule has 0 aromatic rings. The second-order valence-electron chi connectivity index (χ2n) is 4.94. The molecule has 0 aliphatic carbocycles. The fourth-order valence-corrected chi connectivity index (χ4v) is 2.17. The smallest absolute Gasteiger partial charge is 0.0104 e. The van der Waals surface area contributed by atoms with Crippen LogP contribution < -0.4 is 5.32 Å². The first-order valence-corrected chi connectivity index (χ1v) is 6.24. The van der Waals surface area contributed by atoms with Gasteiger partial charge in [0.25, 0.3) is 0 Å². The largest absolute Gasteiger partial charge is 0.318 e. The lowest BCUT2D eigenvalue weighted by atomic mass is 9.94. The molecule has 0 aromatic carbocycles. The first-order valence-electron chi connectivity index (χ1n) is 6.24. The maximum absolute atomic E-state index is 3.19. The van der Waals surface area contributed by atoms with Crippen LogP contribution in [0.15, 0.2) is 0 Å². The quantitative estimate of drug-likeness (QED) is 0.706. The molecule has 1 aliphatic rings. The van der Waals surface area contributed by atoms with Crippen LogP contribution in [0.2, 0.25) is 0 Å². The molecule has 1 rings (SSSR count). The normalized spacial score (nSPS) is 20.0. The van der Waals surface area contributed by atoms with Crippen molar-refractivity contribution in [1.29, 1.82) is 0 Å². The van der Waals surface area contributed by atoms with Crippen LogP contribution in [-0.2, 0) is 0 Å². The van der Waals surface area contributed by atoms with Crippen molar-refractivity contribution in [3.05, 3.63) is 0 Å². The van der Waals surface area contributed by atoms with E-state index in [0.717, 1.165) is 12.5 Å². The minimum Gasteiger partial charge on any atom is -0.318 e. The zero-order chi connectivity index (χ0) is 11.1. The van der Waals surface area contributed by atoms with E-state index in [0.29, 0.717) is 0 Å². The van der Waals surface area contributed by atoms with E-state index in [-0.39, 0.29) is 0 Å². The summed E-state index contributed by atoms with van der Waals surface area (Å²) in [4.78, 5) is 4.88. The summed E-state index contributed by atoms with van der Waals surface area (Å²) in [5.41, 5.74) is 0. The van der Waals surface area contributed by atoms with Gasteiger partial charge >= 0.3 is 0 Å². The van der Waals surface area contributed by atoms with Gasteiger partial charge in [-0.25, -0.2) is 0 Å². The van der Waals surface area contributed by atoms with Crippen LogP contribution in [0.4, 0.5) is 0 Å². The predicted molar refractivity (Wildman–Crippen MR) is 66.3 cm³/mol. The molecular formula is C12H27N3. The Labute approximate surface area is 94.8 Å². The first-order chi connectivity index (χ1) is 7.22. The molecule has 3 nitrogen and oxygen atoms in total. The van der Waals surface area contributed by atoms with Gasteiger partial charge in [-0.15, -0.1) is 0 Å². The lowest BCUT2D eigenvalue weighted by Gasteiger charge is -2.30. The van der Waals surface area contributed by atoms with Crippen molar-refractivity contribution in [2.45, 2.75) is 19.3 Å². The van der Waals surface area contributed by atoms with Gasteiger partial charge in [-0.3, -0.25) is 0 Å². The number of nitrogens with one attached hydrogen (secondary N) is 1. The number of likely N-dealkylation sites (N-methyl/N-ethyl adjacent to an activating group) is 2. The lowest BCUT2D eigenvalue weighted by Crippen LogP contribution is -2.33. The van der Waals surface area contributed by atoms with Crippen molar-refractivity contribution >= 4 is 0 Å². The van der Waals surface area contributed by atoms with Crippen molar-refractivity contribution in [2.24, 2.45) is 5.92 Å². The Hall–Kier alpha value is -0.120. The maximum Gasteiger partial charge on any atom is 0.0104 e. The second kappa shape index (κ2) is 7.20. The number of hydrogen-bond acceptors (Lipinski definition) is 3. The van der Waals surface area contributed by atoms with Crippen LogP contribution in [0.3, 0.4) is 0 Å². The van der Waals surface area contributed by atoms with Gasteiger partial charge in [0.05, 0.1) is 0 Å². The molecular weight excluding hydrogens is 186 g/mol. The Morgan fingerprint density at radius 3 is 2.53 bits per heavy atom. The summed E-state index contributed by atoms with van der Waals surface area (Å²) in [7, 11) is 6.48. The zero-order valence-corrected chi connectivity index (χ0v) is 10.6. The van der Waals surface area contributed by atoms with Crippen LogP contribution in [0, 0.1) is 5.92 Å². The highest BCUT2D eigenvalue weighted by molar-refractivity contribution is 4.71. The number of piperidine rings is 1. The minimum absolute atomic E-state index is 0.971. The van der Waals surface area contributed by atoms with Crippen molar-refractivity contribution in [2.75, 3.05) is 53.9 Å². The summed E-state index contributed by atoms with van der Waals surface area (Å²) >= 11 is 0. The number of rotatable bonds is 6. The second-order valence-corrected chi connectivity index (χ2v) is 4.94. The Balaban J connectivity index is 2.04. The molecule has 0 unspecified atom stereocenters. The van der Waals surface area contributed by atoms with Crippen molar-refractivity contribution in [3.8, 4) is 0 Å². The Morgan fingerprint density at radius 2 is 1.93 bits per heavy atom. The van der Waals surface area contributed by atoms with E-state index in [1.165, 1.54) is 45.4 Å². The standard InChI is InChI=1S/C12H27N3/c1-13-7-11-15(3)10-6-12-4-8-14(2)9-5-12/h12-13H,4-11H2,1-3H3. The summed E-state index contributed by atoms with van der Waals surface area (Å²) in [6, 6.07) is 0. The molecule has 0 atom stereocenters. The molecule has 0 saturated carbocycles. The van der Waals surface area contributed by atoms with Crippen molar-refractivity contribution in [1.82, 2.24) is 15.1 Å². The van der Waals surface area contributed by atoms with Crippen LogP contribution >= 0.6 is 0 Å². The van der Waals surface area contributed by atoms with Gasteiger partial charge in [-0.2, -0.15) is 0 Å². The molecule has 90 valence electrons. The molecule has 0 amide bonds. The Bertz CT molecular complexity index is 153. The zero-order valence-electron chi connectivity index (χ0n) is 10.6. The van der Waals surface area contributed by atoms with Gasteiger partial charge in [-0.1, -0.05) is 0 Å². The fourth-order valence-electron chi connectivity index (χ4n) is 2.17. The molecule has 3 heteroatoms. The number of hydrogen-bond donors (Lipinski definition) is 1. The minimum atomic E-state index is 0.971. The third-order valence-electron chi connectivity index (χ3n) is 3.50. The SMILES string of the molecule is CNCCN(C)CCC1CCN(C)CC1. The van der Waals surface area contributed by atoms with E-state index in [1.54, 1.807) is 0 Å². The molecule has 0 aromatic heterocycles. The molecule has 1 saturated heterocycles. The van der Waals surface area contributed by atoms with Crippen LogP contribution in [-0.4, -0.2) is 63.7 Å². The maximum atomic E-state index is 3.19. The molecule has 1 heterocycles. The summed E-state index contributed by atoms with van der Waals surface area (Å²) in [5, 5.41) is 3.19. The molecule has 0 bridgehead atoms. The lowest BCUT2D eigenvalue weighted by molar-refractivity contribution is 0.196. The average molecular weight is 213 g/mol. The molecule has 1 fully saturated rings. The molecule has 15 heavy (non-hydrogen) atoms. The van der Waals surface area contributed by atoms with E-state index < -0.39 is 0 Å². The number of nitrogens with zero attached hydrogens (tertiary/aromatic N) is 2. The number of likely N-dealkylation sites (tertiary alicyclic amines) is 1. The Kier molecular flexibility index (Phi) is 6.22. The molecule has 0 spiro atoms. The third kappa shape index (κ3) is 5.50.